The minimum Gasteiger partial charge on any atom is -0.480 e. The molecule has 1 amide bonds. The van der Waals surface area contributed by atoms with Crippen molar-refractivity contribution < 1.29 is 14.7 Å². The van der Waals surface area contributed by atoms with E-state index in [1.165, 1.54) is 19.3 Å². The van der Waals surface area contributed by atoms with Gasteiger partial charge in [-0.25, -0.2) is 0 Å². The first kappa shape index (κ1) is 16.5. The topological polar surface area (TPSA) is 92.4 Å². The number of nitrogens with two attached hydrogens (primary N) is 1. The zero-order valence-corrected chi connectivity index (χ0v) is 12.7. The molecule has 1 aliphatic rings. The Balaban J connectivity index is 2.07. The van der Waals surface area contributed by atoms with Crippen LogP contribution < -0.4 is 11.1 Å². The lowest BCUT2D eigenvalue weighted by Crippen LogP contribution is -2.46. The van der Waals surface area contributed by atoms with Gasteiger partial charge in [0.25, 0.3) is 0 Å². The van der Waals surface area contributed by atoms with E-state index in [0.717, 1.165) is 12.8 Å². The second kappa shape index (κ2) is 7.94. The Labute approximate surface area is 130 Å². The van der Waals surface area contributed by atoms with Gasteiger partial charge in [-0.15, -0.1) is 0 Å². The van der Waals surface area contributed by atoms with E-state index in [1.54, 1.807) is 24.3 Å². The van der Waals surface area contributed by atoms with Gasteiger partial charge in [-0.3, -0.25) is 14.9 Å². The molecule has 0 radical (unpaired) electrons. The van der Waals surface area contributed by atoms with Crippen LogP contribution in [0.15, 0.2) is 30.3 Å². The van der Waals surface area contributed by atoms with E-state index in [4.69, 9.17) is 5.73 Å². The van der Waals surface area contributed by atoms with E-state index in [2.05, 4.69) is 5.32 Å². The quantitative estimate of drug-likeness (QED) is 0.720. The third-order valence-corrected chi connectivity index (χ3v) is 4.38. The van der Waals surface area contributed by atoms with Gasteiger partial charge in [0.1, 0.15) is 6.04 Å². The average molecular weight is 304 g/mol. The fourth-order valence-corrected chi connectivity index (χ4v) is 3.18. The molecule has 1 aromatic carbocycles. The Morgan fingerprint density at radius 1 is 1.18 bits per heavy atom. The second-order valence-electron chi connectivity index (χ2n) is 6.04. The molecule has 5 nitrogen and oxygen atoms in total. The van der Waals surface area contributed by atoms with Gasteiger partial charge in [0.2, 0.25) is 5.91 Å². The number of carboxylic acids is 1. The molecule has 0 heterocycles. The maximum absolute atomic E-state index is 11.7. The molecule has 4 N–H and O–H groups in total. The molecule has 120 valence electrons. The van der Waals surface area contributed by atoms with Gasteiger partial charge in [-0.1, -0.05) is 62.4 Å². The van der Waals surface area contributed by atoms with Crippen molar-refractivity contribution in [2.45, 2.75) is 50.6 Å². The van der Waals surface area contributed by atoms with E-state index < -0.39 is 24.0 Å². The van der Waals surface area contributed by atoms with Crippen LogP contribution in [0.25, 0.3) is 0 Å². The molecule has 0 unspecified atom stereocenters. The van der Waals surface area contributed by atoms with Crippen LogP contribution in [0.1, 0.15) is 50.1 Å². The lowest BCUT2D eigenvalue weighted by atomic mass is 9.84. The summed E-state index contributed by atoms with van der Waals surface area (Å²) in [6.07, 6.45) is 6.40. The highest BCUT2D eigenvalue weighted by molar-refractivity contribution is 5.82. The normalized spacial score (nSPS) is 18.5. The number of carboxylic acid groups (broad SMARTS) is 1. The zero-order valence-electron chi connectivity index (χ0n) is 12.7. The molecule has 0 saturated heterocycles. The van der Waals surface area contributed by atoms with Gasteiger partial charge < -0.3 is 10.8 Å². The van der Waals surface area contributed by atoms with Crippen LogP contribution in [0.5, 0.6) is 0 Å². The molecule has 0 aliphatic heterocycles. The summed E-state index contributed by atoms with van der Waals surface area (Å²) in [6.45, 7) is 0. The molecule has 0 aromatic heterocycles. The first-order chi connectivity index (χ1) is 10.6. The van der Waals surface area contributed by atoms with E-state index >= 15 is 0 Å². The number of carbonyl (C=O) groups is 2. The molecule has 22 heavy (non-hydrogen) atoms. The van der Waals surface area contributed by atoms with Crippen molar-refractivity contribution in [1.82, 2.24) is 5.32 Å². The molecule has 0 spiro atoms. The van der Waals surface area contributed by atoms with Crippen molar-refractivity contribution >= 4 is 11.9 Å². The standard InChI is InChI=1S/C17H24N2O3/c18-16(20)14(11-12-7-3-1-4-8-12)19-15(17(21)22)13-9-5-2-6-10-13/h2,5-6,9-10,12,14-15,19H,1,3-4,7-8,11H2,(H2,18,20)(H,21,22)/t14-,15-/m1/s1. The van der Waals surface area contributed by atoms with Crippen LogP contribution in [0.3, 0.4) is 0 Å². The predicted molar refractivity (Wildman–Crippen MR) is 84.1 cm³/mol. The van der Waals surface area contributed by atoms with Crippen LogP contribution in [-0.4, -0.2) is 23.0 Å². The van der Waals surface area contributed by atoms with Crippen LogP contribution in [0.4, 0.5) is 0 Å². The molecule has 1 saturated carbocycles. The molecule has 1 aromatic rings. The lowest BCUT2D eigenvalue weighted by molar-refractivity contribution is -0.140. The summed E-state index contributed by atoms with van der Waals surface area (Å²) in [5, 5.41) is 12.4. The fraction of sp³-hybridized carbons (Fsp3) is 0.529. The summed E-state index contributed by atoms with van der Waals surface area (Å²) in [6, 6.07) is 7.36. The molecular weight excluding hydrogens is 280 g/mol. The predicted octanol–water partition coefficient (Wildman–Crippen LogP) is 2.23. The first-order valence-corrected chi connectivity index (χ1v) is 7.91. The van der Waals surface area contributed by atoms with E-state index in [0.29, 0.717) is 17.9 Å². The monoisotopic (exact) mass is 304 g/mol. The van der Waals surface area contributed by atoms with E-state index in [1.807, 2.05) is 6.07 Å². The summed E-state index contributed by atoms with van der Waals surface area (Å²) in [4.78, 5) is 23.3. The molecule has 1 fully saturated rings. The van der Waals surface area contributed by atoms with Gasteiger partial charge in [-0.2, -0.15) is 0 Å². The number of amides is 1. The summed E-state index contributed by atoms with van der Waals surface area (Å²) >= 11 is 0. The molecule has 0 bridgehead atoms. The van der Waals surface area contributed by atoms with E-state index in [9.17, 15) is 14.7 Å². The Morgan fingerprint density at radius 2 is 1.82 bits per heavy atom. The van der Waals surface area contributed by atoms with Gasteiger partial charge in [0, 0.05) is 0 Å². The molecular formula is C17H24N2O3. The van der Waals surface area contributed by atoms with Crippen LogP contribution in [0.2, 0.25) is 0 Å². The van der Waals surface area contributed by atoms with Crippen molar-refractivity contribution in [3.05, 3.63) is 35.9 Å². The van der Waals surface area contributed by atoms with Crippen LogP contribution >= 0.6 is 0 Å². The molecule has 1 aliphatic carbocycles. The number of hydrogen-bond acceptors (Lipinski definition) is 3. The summed E-state index contributed by atoms with van der Waals surface area (Å²) in [5.41, 5.74) is 6.12. The highest BCUT2D eigenvalue weighted by Crippen LogP contribution is 2.28. The van der Waals surface area contributed by atoms with Crippen molar-refractivity contribution in [3.63, 3.8) is 0 Å². The van der Waals surface area contributed by atoms with Crippen LogP contribution in [-0.2, 0) is 9.59 Å². The third-order valence-electron chi connectivity index (χ3n) is 4.38. The van der Waals surface area contributed by atoms with Gasteiger partial charge >= 0.3 is 5.97 Å². The Bertz CT molecular complexity index is 498. The van der Waals surface area contributed by atoms with Gasteiger partial charge in [0.15, 0.2) is 0 Å². The van der Waals surface area contributed by atoms with Gasteiger partial charge in [0.05, 0.1) is 6.04 Å². The van der Waals surface area contributed by atoms with Gasteiger partial charge in [-0.05, 0) is 17.9 Å². The number of rotatable bonds is 7. The minimum atomic E-state index is -0.999. The summed E-state index contributed by atoms with van der Waals surface area (Å²) in [5.74, 6) is -1.03. The van der Waals surface area contributed by atoms with Crippen molar-refractivity contribution in [3.8, 4) is 0 Å². The number of primary amides is 1. The SMILES string of the molecule is NC(=O)[C@@H](CC1CCCCC1)N[C@@H](C(=O)O)c1ccccc1. The minimum absolute atomic E-state index is 0.448. The first-order valence-electron chi connectivity index (χ1n) is 7.91. The largest absolute Gasteiger partial charge is 0.480 e. The lowest BCUT2D eigenvalue weighted by Gasteiger charge is -2.27. The molecule has 2 rings (SSSR count). The number of nitrogens with one attached hydrogen (secondary N) is 1. The maximum atomic E-state index is 11.7. The highest BCUT2D eigenvalue weighted by atomic mass is 16.4. The number of carbonyl (C=O) groups excluding carboxylic acids is 1. The highest BCUT2D eigenvalue weighted by Gasteiger charge is 2.28. The van der Waals surface area contributed by atoms with Crippen molar-refractivity contribution in [2.24, 2.45) is 11.7 Å². The van der Waals surface area contributed by atoms with Crippen molar-refractivity contribution in [1.29, 1.82) is 0 Å². The molecule has 2 atom stereocenters. The number of aliphatic carboxylic acids is 1. The van der Waals surface area contributed by atoms with E-state index in [-0.39, 0.29) is 0 Å². The summed E-state index contributed by atoms with van der Waals surface area (Å²) < 4.78 is 0. The smallest absolute Gasteiger partial charge is 0.325 e. The number of benzene rings is 1. The van der Waals surface area contributed by atoms with Crippen LogP contribution in [0, 0.1) is 5.92 Å². The average Bonchev–Trinajstić information content (AvgIpc) is 2.52. The third kappa shape index (κ3) is 4.56. The Kier molecular flexibility index (Phi) is 5.95. The van der Waals surface area contributed by atoms with Crippen molar-refractivity contribution in [2.75, 3.05) is 0 Å². The zero-order chi connectivity index (χ0) is 15.9. The Morgan fingerprint density at radius 3 is 2.36 bits per heavy atom. The number of hydrogen-bond donors (Lipinski definition) is 3. The molecule has 5 heteroatoms. The fourth-order valence-electron chi connectivity index (χ4n) is 3.18. The Hall–Kier alpha value is -1.88. The second-order valence-corrected chi connectivity index (χ2v) is 6.04. The maximum Gasteiger partial charge on any atom is 0.325 e. The summed E-state index contributed by atoms with van der Waals surface area (Å²) in [7, 11) is 0.